The quantitative estimate of drug-likeness (QED) is 0.860. The van der Waals surface area contributed by atoms with Crippen LogP contribution in [0.3, 0.4) is 0 Å². The van der Waals surface area contributed by atoms with Gasteiger partial charge >= 0.3 is 0 Å². The van der Waals surface area contributed by atoms with Gasteiger partial charge in [0.05, 0.1) is 6.61 Å². The molecule has 1 N–H and O–H groups in total. The second-order valence-electron chi connectivity index (χ2n) is 5.35. The molecular weight excluding hydrogens is 210 g/mol. The number of hydrogen-bond acceptors (Lipinski definition) is 2. The first-order valence-electron chi connectivity index (χ1n) is 6.85. The normalized spacial score (nSPS) is 21.4. The Labute approximate surface area is 103 Å². The Morgan fingerprint density at radius 1 is 1.00 bits per heavy atom. The first-order chi connectivity index (χ1) is 8.42. The van der Waals surface area contributed by atoms with E-state index in [2.05, 4.69) is 29.6 Å². The van der Waals surface area contributed by atoms with E-state index in [4.69, 9.17) is 4.74 Å². The molecular formula is C15H21NO. The molecule has 0 atom stereocenters. The number of ether oxygens (including phenoxy) is 1. The molecule has 17 heavy (non-hydrogen) atoms. The van der Waals surface area contributed by atoms with Crippen LogP contribution < -0.4 is 10.1 Å². The van der Waals surface area contributed by atoms with Crippen LogP contribution in [-0.4, -0.2) is 19.7 Å². The fourth-order valence-electron chi connectivity index (χ4n) is 2.49. The van der Waals surface area contributed by atoms with Crippen molar-refractivity contribution in [2.75, 3.05) is 19.7 Å². The first-order valence-corrected chi connectivity index (χ1v) is 6.85. The average molecular weight is 231 g/mol. The van der Waals surface area contributed by atoms with Crippen LogP contribution in [0.25, 0.3) is 0 Å². The predicted octanol–water partition coefficient (Wildman–Crippen LogP) is 2.94. The Hall–Kier alpha value is -1.02. The summed E-state index contributed by atoms with van der Waals surface area (Å²) in [5.41, 5.74) is 1.48. The maximum absolute atomic E-state index is 5.76. The lowest BCUT2D eigenvalue weighted by Gasteiger charge is -2.23. The molecule has 1 aliphatic heterocycles. The van der Waals surface area contributed by atoms with Crippen LogP contribution in [0.1, 0.15) is 37.2 Å². The van der Waals surface area contributed by atoms with E-state index in [9.17, 15) is 0 Å². The van der Waals surface area contributed by atoms with E-state index in [0.717, 1.165) is 37.3 Å². The molecule has 1 saturated carbocycles. The largest absolute Gasteiger partial charge is 0.493 e. The summed E-state index contributed by atoms with van der Waals surface area (Å²) < 4.78 is 5.76. The Balaban J connectivity index is 1.58. The van der Waals surface area contributed by atoms with Crippen LogP contribution in [0.4, 0.5) is 0 Å². The van der Waals surface area contributed by atoms with E-state index in [-0.39, 0.29) is 0 Å². The van der Waals surface area contributed by atoms with E-state index >= 15 is 0 Å². The summed E-state index contributed by atoms with van der Waals surface area (Å²) in [5, 5.41) is 3.41. The molecule has 2 aliphatic rings. The molecule has 3 rings (SSSR count). The third-order valence-corrected chi connectivity index (χ3v) is 3.87. The molecule has 92 valence electrons. The van der Waals surface area contributed by atoms with Gasteiger partial charge in [-0.2, -0.15) is 0 Å². The topological polar surface area (TPSA) is 21.3 Å². The second kappa shape index (κ2) is 5.09. The van der Waals surface area contributed by atoms with Crippen molar-refractivity contribution in [2.45, 2.75) is 31.6 Å². The molecule has 0 bridgehead atoms. The van der Waals surface area contributed by atoms with Crippen LogP contribution in [0.2, 0.25) is 0 Å². The molecule has 1 aromatic carbocycles. The van der Waals surface area contributed by atoms with Crippen molar-refractivity contribution in [3.8, 4) is 5.75 Å². The highest BCUT2D eigenvalue weighted by atomic mass is 16.5. The number of hydrogen-bond donors (Lipinski definition) is 1. The summed E-state index contributed by atoms with van der Waals surface area (Å²) in [6.45, 7) is 3.22. The van der Waals surface area contributed by atoms with Crippen molar-refractivity contribution in [3.63, 3.8) is 0 Å². The second-order valence-corrected chi connectivity index (χ2v) is 5.35. The lowest BCUT2D eigenvalue weighted by molar-refractivity contribution is 0.299. The summed E-state index contributed by atoms with van der Waals surface area (Å²) in [6.07, 6.45) is 5.24. The molecule has 1 aromatic rings. The standard InChI is InChI=1S/C15H21NO/c1-2-12(1)11-17-15-5-3-13(4-6-15)14-7-9-16-10-8-14/h3-6,12,14,16H,1-2,7-11H2. The summed E-state index contributed by atoms with van der Waals surface area (Å²) in [4.78, 5) is 0. The average Bonchev–Trinajstić information content (AvgIpc) is 3.22. The van der Waals surface area contributed by atoms with Crippen LogP contribution in [0, 0.1) is 5.92 Å². The minimum Gasteiger partial charge on any atom is -0.493 e. The highest BCUT2D eigenvalue weighted by Gasteiger charge is 2.22. The van der Waals surface area contributed by atoms with Crippen LogP contribution in [0.15, 0.2) is 24.3 Å². The molecule has 0 spiro atoms. The zero-order chi connectivity index (χ0) is 11.5. The third kappa shape index (κ3) is 3.01. The van der Waals surface area contributed by atoms with Crippen molar-refractivity contribution in [1.29, 1.82) is 0 Å². The lowest BCUT2D eigenvalue weighted by atomic mass is 9.90. The van der Waals surface area contributed by atoms with Crippen molar-refractivity contribution in [2.24, 2.45) is 5.92 Å². The first kappa shape index (κ1) is 11.1. The predicted molar refractivity (Wildman–Crippen MR) is 69.5 cm³/mol. The molecule has 0 aromatic heterocycles. The van der Waals surface area contributed by atoms with Gasteiger partial charge in [-0.3, -0.25) is 0 Å². The lowest BCUT2D eigenvalue weighted by Crippen LogP contribution is -2.26. The van der Waals surface area contributed by atoms with E-state index in [0.29, 0.717) is 0 Å². The molecule has 0 unspecified atom stereocenters. The third-order valence-electron chi connectivity index (χ3n) is 3.87. The summed E-state index contributed by atoms with van der Waals surface area (Å²) in [5.74, 6) is 2.61. The minimum absolute atomic E-state index is 0.744. The Morgan fingerprint density at radius 2 is 1.71 bits per heavy atom. The van der Waals surface area contributed by atoms with E-state index < -0.39 is 0 Å². The SMILES string of the molecule is c1cc(C2CCNCC2)ccc1OCC1CC1. The van der Waals surface area contributed by atoms with Crippen LogP contribution >= 0.6 is 0 Å². The maximum atomic E-state index is 5.76. The molecule has 0 radical (unpaired) electrons. The molecule has 2 nitrogen and oxygen atoms in total. The van der Waals surface area contributed by atoms with E-state index in [1.54, 1.807) is 0 Å². The summed E-state index contributed by atoms with van der Waals surface area (Å²) in [7, 11) is 0. The van der Waals surface area contributed by atoms with Crippen molar-refractivity contribution in [3.05, 3.63) is 29.8 Å². The van der Waals surface area contributed by atoms with E-state index in [1.807, 2.05) is 0 Å². The molecule has 1 heterocycles. The number of benzene rings is 1. The van der Waals surface area contributed by atoms with Gasteiger partial charge in [-0.05, 0) is 68.3 Å². The van der Waals surface area contributed by atoms with Crippen LogP contribution in [-0.2, 0) is 0 Å². The fourth-order valence-corrected chi connectivity index (χ4v) is 2.49. The molecule has 1 aliphatic carbocycles. The van der Waals surface area contributed by atoms with E-state index in [1.165, 1.54) is 31.2 Å². The maximum Gasteiger partial charge on any atom is 0.119 e. The van der Waals surface area contributed by atoms with Gasteiger partial charge < -0.3 is 10.1 Å². The number of piperidine rings is 1. The zero-order valence-corrected chi connectivity index (χ0v) is 10.3. The van der Waals surface area contributed by atoms with Gasteiger partial charge in [0.1, 0.15) is 5.75 Å². The summed E-state index contributed by atoms with van der Waals surface area (Å²) >= 11 is 0. The smallest absolute Gasteiger partial charge is 0.119 e. The van der Waals surface area contributed by atoms with Gasteiger partial charge in [-0.1, -0.05) is 12.1 Å². The Morgan fingerprint density at radius 3 is 2.35 bits per heavy atom. The van der Waals surface area contributed by atoms with Crippen molar-refractivity contribution < 1.29 is 4.74 Å². The number of nitrogens with one attached hydrogen (secondary N) is 1. The van der Waals surface area contributed by atoms with Crippen LogP contribution in [0.5, 0.6) is 5.75 Å². The van der Waals surface area contributed by atoms with Gasteiger partial charge in [-0.25, -0.2) is 0 Å². The Kier molecular flexibility index (Phi) is 3.32. The van der Waals surface area contributed by atoms with Gasteiger partial charge in [-0.15, -0.1) is 0 Å². The molecule has 2 heteroatoms. The molecule has 0 amide bonds. The minimum atomic E-state index is 0.744. The molecule has 2 fully saturated rings. The van der Waals surface area contributed by atoms with Gasteiger partial charge in [0, 0.05) is 0 Å². The fraction of sp³-hybridized carbons (Fsp3) is 0.600. The highest BCUT2D eigenvalue weighted by molar-refractivity contribution is 5.29. The zero-order valence-electron chi connectivity index (χ0n) is 10.3. The van der Waals surface area contributed by atoms with Crippen molar-refractivity contribution in [1.82, 2.24) is 5.32 Å². The highest BCUT2D eigenvalue weighted by Crippen LogP contribution is 2.30. The monoisotopic (exact) mass is 231 g/mol. The Bertz CT molecular complexity index is 350. The molecule has 1 saturated heterocycles. The van der Waals surface area contributed by atoms with Crippen molar-refractivity contribution >= 4 is 0 Å². The van der Waals surface area contributed by atoms with Gasteiger partial charge in [0.15, 0.2) is 0 Å². The van der Waals surface area contributed by atoms with Gasteiger partial charge in [0.2, 0.25) is 0 Å². The van der Waals surface area contributed by atoms with Gasteiger partial charge in [0.25, 0.3) is 0 Å². The number of rotatable bonds is 4. The summed E-state index contributed by atoms with van der Waals surface area (Å²) in [6, 6.07) is 8.77.